The minimum absolute atomic E-state index is 0.0256. The van der Waals surface area contributed by atoms with Crippen LogP contribution in [-0.4, -0.2) is 4.98 Å². The predicted molar refractivity (Wildman–Crippen MR) is 94.7 cm³/mol. The van der Waals surface area contributed by atoms with Crippen LogP contribution in [0.2, 0.25) is 10.0 Å². The molecule has 2 aromatic heterocycles. The Hall–Kier alpha value is -2.56. The summed E-state index contributed by atoms with van der Waals surface area (Å²) in [7, 11) is 0. The molecule has 24 heavy (non-hydrogen) atoms. The van der Waals surface area contributed by atoms with Crippen molar-refractivity contribution in [2.24, 2.45) is 0 Å². The first-order chi connectivity index (χ1) is 11.6. The van der Waals surface area contributed by atoms with E-state index >= 15 is 0 Å². The van der Waals surface area contributed by atoms with Gasteiger partial charge in [-0.2, -0.15) is 0 Å². The van der Waals surface area contributed by atoms with E-state index in [-0.39, 0.29) is 22.0 Å². The van der Waals surface area contributed by atoms with E-state index in [1.807, 2.05) is 12.1 Å². The van der Waals surface area contributed by atoms with Gasteiger partial charge in [-0.3, -0.25) is 9.78 Å². The lowest BCUT2D eigenvalue weighted by Gasteiger charge is -2.07. The van der Waals surface area contributed by atoms with Crippen molar-refractivity contribution in [3.63, 3.8) is 0 Å². The van der Waals surface area contributed by atoms with Crippen molar-refractivity contribution in [1.29, 1.82) is 0 Å². The highest BCUT2D eigenvalue weighted by Crippen LogP contribution is 2.33. The maximum atomic E-state index is 12.1. The second-order valence-corrected chi connectivity index (χ2v) is 5.57. The molecule has 0 radical (unpaired) electrons. The second kappa shape index (κ2) is 7.34. The zero-order chi connectivity index (χ0) is 16.9. The average Bonchev–Trinajstić information content (AvgIpc) is 2.60. The first kappa shape index (κ1) is 16.3. The monoisotopic (exact) mass is 359 g/mol. The minimum Gasteiger partial charge on any atom is -0.461 e. The second-order valence-electron chi connectivity index (χ2n) is 4.78. The fourth-order valence-electron chi connectivity index (χ4n) is 1.91. The van der Waals surface area contributed by atoms with Gasteiger partial charge >= 0.3 is 0 Å². The molecular weight excluding hydrogens is 349 g/mol. The summed E-state index contributed by atoms with van der Waals surface area (Å²) in [6, 6.07) is 9.97. The van der Waals surface area contributed by atoms with Crippen molar-refractivity contribution >= 4 is 35.4 Å². The Labute approximate surface area is 147 Å². The molecule has 0 fully saturated rings. The Balaban J connectivity index is 1.81. The molecule has 0 amide bonds. The van der Waals surface area contributed by atoms with E-state index in [4.69, 9.17) is 32.4 Å². The molecule has 2 heterocycles. The molecule has 1 aromatic carbocycles. The quantitative estimate of drug-likeness (QED) is 0.633. The van der Waals surface area contributed by atoms with Crippen LogP contribution in [0.1, 0.15) is 11.3 Å². The fourth-order valence-corrected chi connectivity index (χ4v) is 2.24. The van der Waals surface area contributed by atoms with Crippen molar-refractivity contribution in [3.05, 3.63) is 86.6 Å². The van der Waals surface area contributed by atoms with Crippen LogP contribution in [0, 0.1) is 0 Å². The molecule has 0 N–H and O–H groups in total. The molecule has 0 saturated heterocycles. The number of hydrogen-bond acceptors (Lipinski definition) is 4. The number of benzene rings is 1. The van der Waals surface area contributed by atoms with Gasteiger partial charge in [-0.1, -0.05) is 35.3 Å². The van der Waals surface area contributed by atoms with Crippen LogP contribution in [0.15, 0.2) is 64.3 Å². The van der Waals surface area contributed by atoms with Crippen LogP contribution in [-0.2, 0) is 0 Å². The number of aromatic nitrogens is 1. The lowest BCUT2D eigenvalue weighted by atomic mass is 10.2. The third-order valence-electron chi connectivity index (χ3n) is 3.08. The normalized spacial score (nSPS) is 10.9. The standard InChI is InChI=1S/C18H11Cl2NO3/c19-14-4-1-5-16(18(14)20)24-17-11-23-13(9-15(17)22)7-6-12-3-2-8-21-10-12/h1-11H/b7-6+. The fraction of sp³-hybridized carbons (Fsp3) is 0. The molecule has 4 nitrogen and oxygen atoms in total. The summed E-state index contributed by atoms with van der Waals surface area (Å²) in [6.07, 6.45) is 8.09. The van der Waals surface area contributed by atoms with Gasteiger partial charge in [0, 0.05) is 18.5 Å². The Morgan fingerprint density at radius 3 is 2.71 bits per heavy atom. The number of rotatable bonds is 4. The van der Waals surface area contributed by atoms with Crippen LogP contribution >= 0.6 is 23.2 Å². The Bertz CT molecular complexity index is 936. The Kier molecular flexibility index (Phi) is 4.99. The molecule has 0 unspecified atom stereocenters. The average molecular weight is 360 g/mol. The Morgan fingerprint density at radius 2 is 1.96 bits per heavy atom. The van der Waals surface area contributed by atoms with Gasteiger partial charge in [0.05, 0.1) is 5.02 Å². The highest BCUT2D eigenvalue weighted by atomic mass is 35.5. The first-order valence-corrected chi connectivity index (χ1v) is 7.72. The van der Waals surface area contributed by atoms with E-state index in [1.54, 1.807) is 42.7 Å². The van der Waals surface area contributed by atoms with Crippen molar-refractivity contribution in [2.45, 2.75) is 0 Å². The molecular formula is C18H11Cl2NO3. The maximum Gasteiger partial charge on any atom is 0.227 e. The van der Waals surface area contributed by atoms with E-state index in [0.717, 1.165) is 5.56 Å². The van der Waals surface area contributed by atoms with Gasteiger partial charge in [0.15, 0.2) is 0 Å². The molecule has 0 aliphatic carbocycles. The highest BCUT2D eigenvalue weighted by molar-refractivity contribution is 6.42. The summed E-state index contributed by atoms with van der Waals surface area (Å²) in [5.41, 5.74) is 0.564. The van der Waals surface area contributed by atoms with Crippen LogP contribution in [0.25, 0.3) is 12.2 Å². The summed E-state index contributed by atoms with van der Waals surface area (Å²) in [5, 5.41) is 0.577. The van der Waals surface area contributed by atoms with E-state index in [0.29, 0.717) is 10.8 Å². The number of nitrogens with zero attached hydrogens (tertiary/aromatic N) is 1. The van der Waals surface area contributed by atoms with Crippen LogP contribution < -0.4 is 10.2 Å². The molecule has 120 valence electrons. The molecule has 0 aliphatic heterocycles. The molecule has 6 heteroatoms. The van der Waals surface area contributed by atoms with Gasteiger partial charge in [-0.25, -0.2) is 0 Å². The zero-order valence-electron chi connectivity index (χ0n) is 12.3. The third kappa shape index (κ3) is 3.85. The molecule has 0 bridgehead atoms. The van der Waals surface area contributed by atoms with Crippen molar-refractivity contribution in [1.82, 2.24) is 4.98 Å². The number of pyridine rings is 1. The zero-order valence-corrected chi connectivity index (χ0v) is 13.8. The SMILES string of the molecule is O=c1cc(/C=C/c2cccnc2)occ1Oc1cccc(Cl)c1Cl. The van der Waals surface area contributed by atoms with Gasteiger partial charge in [-0.15, -0.1) is 0 Å². The highest BCUT2D eigenvalue weighted by Gasteiger charge is 2.10. The van der Waals surface area contributed by atoms with E-state index in [9.17, 15) is 4.79 Å². The van der Waals surface area contributed by atoms with Gasteiger partial charge in [-0.05, 0) is 35.9 Å². The molecule has 0 spiro atoms. The van der Waals surface area contributed by atoms with Gasteiger partial charge in [0.25, 0.3) is 0 Å². The molecule has 3 aromatic rings. The smallest absolute Gasteiger partial charge is 0.227 e. The lowest BCUT2D eigenvalue weighted by Crippen LogP contribution is -2.03. The van der Waals surface area contributed by atoms with Crippen molar-refractivity contribution in [2.75, 3.05) is 0 Å². The maximum absolute atomic E-state index is 12.1. The van der Waals surface area contributed by atoms with Crippen molar-refractivity contribution < 1.29 is 9.15 Å². The number of hydrogen-bond donors (Lipinski definition) is 0. The molecule has 0 aliphatic rings. The predicted octanol–water partition coefficient (Wildman–Crippen LogP) is 5.30. The Morgan fingerprint density at radius 1 is 1.08 bits per heavy atom. The molecule has 3 rings (SSSR count). The summed E-state index contributed by atoms with van der Waals surface area (Å²) in [4.78, 5) is 16.1. The topological polar surface area (TPSA) is 52.3 Å². The van der Waals surface area contributed by atoms with E-state index < -0.39 is 0 Å². The van der Waals surface area contributed by atoms with Gasteiger partial charge < -0.3 is 9.15 Å². The molecule has 0 saturated carbocycles. The van der Waals surface area contributed by atoms with Crippen molar-refractivity contribution in [3.8, 4) is 11.5 Å². The van der Waals surface area contributed by atoms with Gasteiger partial charge in [0.1, 0.15) is 22.8 Å². The van der Waals surface area contributed by atoms with E-state index in [1.165, 1.54) is 12.3 Å². The van der Waals surface area contributed by atoms with Crippen LogP contribution in [0.3, 0.4) is 0 Å². The third-order valence-corrected chi connectivity index (χ3v) is 3.88. The summed E-state index contributed by atoms with van der Waals surface area (Å²) in [6.45, 7) is 0. The van der Waals surface area contributed by atoms with E-state index in [2.05, 4.69) is 4.98 Å². The molecule has 0 atom stereocenters. The number of halogens is 2. The first-order valence-electron chi connectivity index (χ1n) is 6.96. The van der Waals surface area contributed by atoms with Crippen LogP contribution in [0.5, 0.6) is 11.5 Å². The lowest BCUT2D eigenvalue weighted by molar-refractivity contribution is 0.436. The largest absolute Gasteiger partial charge is 0.461 e. The summed E-state index contributed by atoms with van der Waals surface area (Å²) >= 11 is 12.0. The van der Waals surface area contributed by atoms with Gasteiger partial charge in [0.2, 0.25) is 11.2 Å². The van der Waals surface area contributed by atoms with Crippen LogP contribution in [0.4, 0.5) is 0 Å². The number of ether oxygens (including phenoxy) is 1. The summed E-state index contributed by atoms with van der Waals surface area (Å²) in [5.74, 6) is 0.709. The summed E-state index contributed by atoms with van der Waals surface area (Å²) < 4.78 is 10.9. The minimum atomic E-state index is -0.330.